The second-order valence-electron chi connectivity index (χ2n) is 4.47. The number of methoxy groups -OCH3 is 1. The molecule has 1 aliphatic heterocycles. The smallest absolute Gasteiger partial charge is 0.340 e. The Morgan fingerprint density at radius 3 is 2.74 bits per heavy atom. The summed E-state index contributed by atoms with van der Waals surface area (Å²) in [5, 5.41) is 9.47. The molecule has 0 spiro atoms. The Labute approximate surface area is 109 Å². The fourth-order valence-electron chi connectivity index (χ4n) is 2.14. The molecule has 1 amide bonds. The second kappa shape index (κ2) is 4.97. The summed E-state index contributed by atoms with van der Waals surface area (Å²) in [6, 6.07) is 2.46. The molecule has 1 unspecified atom stereocenters. The van der Waals surface area contributed by atoms with Gasteiger partial charge in [-0.25, -0.2) is 9.18 Å². The number of carbonyl (C=O) groups is 2. The molecule has 5 nitrogen and oxygen atoms in total. The summed E-state index contributed by atoms with van der Waals surface area (Å²) in [5.41, 5.74) is 0.716. The highest BCUT2D eigenvalue weighted by molar-refractivity contribution is 5.99. The number of anilines is 1. The molecule has 0 aromatic heterocycles. The number of rotatable bonds is 2. The lowest BCUT2D eigenvalue weighted by Crippen LogP contribution is -2.26. The molecule has 0 saturated carbocycles. The first kappa shape index (κ1) is 13.5. The molecule has 19 heavy (non-hydrogen) atoms. The Balaban J connectivity index is 2.46. The number of halogens is 1. The summed E-state index contributed by atoms with van der Waals surface area (Å²) in [7, 11) is 1.16. The van der Waals surface area contributed by atoms with Crippen molar-refractivity contribution in [3.8, 4) is 0 Å². The quantitative estimate of drug-likeness (QED) is 0.812. The van der Waals surface area contributed by atoms with E-state index in [-0.39, 0.29) is 24.4 Å². The van der Waals surface area contributed by atoms with Gasteiger partial charge in [0.25, 0.3) is 0 Å². The molecule has 0 bridgehead atoms. The van der Waals surface area contributed by atoms with Gasteiger partial charge in [0.15, 0.2) is 0 Å². The normalized spacial score (nSPS) is 18.8. The minimum atomic E-state index is -0.800. The number of β-amino-alcohol motifs (C(OH)–C–C–N with tert-alkyl or cyclic N) is 1. The molecule has 2 rings (SSSR count). The van der Waals surface area contributed by atoms with Crippen molar-refractivity contribution in [2.75, 3.05) is 18.6 Å². The summed E-state index contributed by atoms with van der Waals surface area (Å²) in [4.78, 5) is 24.5. The predicted molar refractivity (Wildman–Crippen MR) is 65.5 cm³/mol. The summed E-state index contributed by atoms with van der Waals surface area (Å²) >= 11 is 0. The van der Waals surface area contributed by atoms with Crippen LogP contribution in [-0.4, -0.2) is 36.7 Å². The van der Waals surface area contributed by atoms with Crippen molar-refractivity contribution < 1.29 is 23.8 Å². The van der Waals surface area contributed by atoms with Gasteiger partial charge in [0.05, 0.1) is 31.7 Å². The molecule has 1 atom stereocenters. The topological polar surface area (TPSA) is 66.8 Å². The molecule has 102 valence electrons. The Hall–Kier alpha value is -1.95. The van der Waals surface area contributed by atoms with Gasteiger partial charge < -0.3 is 14.7 Å². The molecular weight excluding hydrogens is 253 g/mol. The molecule has 1 N–H and O–H groups in total. The molecule has 0 aliphatic carbocycles. The van der Waals surface area contributed by atoms with Crippen LogP contribution in [-0.2, 0) is 9.53 Å². The van der Waals surface area contributed by atoms with Gasteiger partial charge in [0.1, 0.15) is 5.82 Å². The first-order valence-electron chi connectivity index (χ1n) is 5.81. The standard InChI is InChI=1S/C13H14FNO4/c1-7-3-10(14)9(13(18)19-2)5-11(7)15-6-8(16)4-12(15)17/h3,5,8,16H,4,6H2,1-2H3. The highest BCUT2D eigenvalue weighted by Gasteiger charge is 2.31. The maximum atomic E-state index is 13.7. The molecule has 6 heteroatoms. The minimum Gasteiger partial charge on any atom is -0.465 e. The molecule has 1 aromatic carbocycles. The van der Waals surface area contributed by atoms with E-state index < -0.39 is 17.9 Å². The third-order valence-electron chi connectivity index (χ3n) is 3.09. The second-order valence-corrected chi connectivity index (χ2v) is 4.47. The molecule has 1 heterocycles. The maximum Gasteiger partial charge on any atom is 0.340 e. The summed E-state index contributed by atoms with van der Waals surface area (Å²) in [6.45, 7) is 1.78. The number of ether oxygens (including phenoxy) is 1. The van der Waals surface area contributed by atoms with Crippen molar-refractivity contribution in [1.29, 1.82) is 0 Å². The van der Waals surface area contributed by atoms with Crippen LogP contribution < -0.4 is 4.90 Å². The monoisotopic (exact) mass is 267 g/mol. The number of carbonyl (C=O) groups excluding carboxylic acids is 2. The maximum absolute atomic E-state index is 13.7. The minimum absolute atomic E-state index is 0.0321. The van der Waals surface area contributed by atoms with Gasteiger partial charge in [0, 0.05) is 5.69 Å². The Morgan fingerprint density at radius 1 is 1.53 bits per heavy atom. The van der Waals surface area contributed by atoms with E-state index in [1.54, 1.807) is 6.92 Å². The first-order valence-corrected chi connectivity index (χ1v) is 5.81. The van der Waals surface area contributed by atoms with E-state index in [1.165, 1.54) is 17.0 Å². The largest absolute Gasteiger partial charge is 0.465 e. The zero-order chi connectivity index (χ0) is 14.2. The fourth-order valence-corrected chi connectivity index (χ4v) is 2.14. The highest BCUT2D eigenvalue weighted by Crippen LogP contribution is 2.28. The van der Waals surface area contributed by atoms with Crippen LogP contribution in [0.15, 0.2) is 12.1 Å². The summed E-state index contributed by atoms with van der Waals surface area (Å²) in [6.07, 6.45) is -0.705. The lowest BCUT2D eigenvalue weighted by molar-refractivity contribution is -0.117. The Morgan fingerprint density at radius 2 is 2.21 bits per heavy atom. The highest BCUT2D eigenvalue weighted by atomic mass is 19.1. The number of aliphatic hydroxyl groups excluding tert-OH is 1. The third kappa shape index (κ3) is 2.44. The van der Waals surface area contributed by atoms with E-state index in [1.807, 2.05) is 0 Å². The van der Waals surface area contributed by atoms with E-state index in [2.05, 4.69) is 4.74 Å². The van der Waals surface area contributed by atoms with Crippen LogP contribution in [0.3, 0.4) is 0 Å². The van der Waals surface area contributed by atoms with Gasteiger partial charge >= 0.3 is 5.97 Å². The van der Waals surface area contributed by atoms with Crippen molar-refractivity contribution >= 4 is 17.6 Å². The number of hydrogen-bond donors (Lipinski definition) is 1. The van der Waals surface area contributed by atoms with E-state index >= 15 is 0 Å². The van der Waals surface area contributed by atoms with E-state index in [4.69, 9.17) is 0 Å². The van der Waals surface area contributed by atoms with Crippen LogP contribution in [0.25, 0.3) is 0 Å². The van der Waals surface area contributed by atoms with Crippen LogP contribution in [0, 0.1) is 12.7 Å². The van der Waals surface area contributed by atoms with Gasteiger partial charge in [-0.2, -0.15) is 0 Å². The number of amides is 1. The van der Waals surface area contributed by atoms with Crippen LogP contribution >= 0.6 is 0 Å². The molecule has 0 radical (unpaired) electrons. The summed E-state index contributed by atoms with van der Waals surface area (Å²) < 4.78 is 18.2. The predicted octanol–water partition coefficient (Wildman–Crippen LogP) is 1.02. The number of hydrogen-bond acceptors (Lipinski definition) is 4. The lowest BCUT2D eigenvalue weighted by atomic mass is 10.1. The van der Waals surface area contributed by atoms with Gasteiger partial charge in [-0.3, -0.25) is 4.79 Å². The zero-order valence-electron chi connectivity index (χ0n) is 10.6. The van der Waals surface area contributed by atoms with E-state index in [0.717, 1.165) is 7.11 Å². The SMILES string of the molecule is COC(=O)c1cc(N2CC(O)CC2=O)c(C)cc1F. The average Bonchev–Trinajstić information content (AvgIpc) is 2.67. The van der Waals surface area contributed by atoms with Crippen LogP contribution in [0.5, 0.6) is 0 Å². The number of aryl methyl sites for hydroxylation is 1. The van der Waals surface area contributed by atoms with Gasteiger partial charge in [-0.1, -0.05) is 0 Å². The van der Waals surface area contributed by atoms with E-state index in [9.17, 15) is 19.1 Å². The Kier molecular flexibility index (Phi) is 3.53. The molecule has 1 saturated heterocycles. The van der Waals surface area contributed by atoms with E-state index in [0.29, 0.717) is 11.3 Å². The third-order valence-corrected chi connectivity index (χ3v) is 3.09. The van der Waals surface area contributed by atoms with Crippen molar-refractivity contribution in [1.82, 2.24) is 0 Å². The number of aliphatic hydroxyl groups is 1. The molecule has 1 aliphatic rings. The lowest BCUT2D eigenvalue weighted by Gasteiger charge is -2.19. The molecule has 1 fully saturated rings. The van der Waals surface area contributed by atoms with Crippen molar-refractivity contribution in [2.45, 2.75) is 19.4 Å². The van der Waals surface area contributed by atoms with Crippen LogP contribution in [0.1, 0.15) is 22.3 Å². The van der Waals surface area contributed by atoms with Crippen LogP contribution in [0.4, 0.5) is 10.1 Å². The van der Waals surface area contributed by atoms with Gasteiger partial charge in [-0.15, -0.1) is 0 Å². The zero-order valence-corrected chi connectivity index (χ0v) is 10.6. The van der Waals surface area contributed by atoms with Crippen molar-refractivity contribution in [2.24, 2.45) is 0 Å². The number of benzene rings is 1. The molecule has 1 aromatic rings. The average molecular weight is 267 g/mol. The molecular formula is C13H14FNO4. The van der Waals surface area contributed by atoms with Crippen molar-refractivity contribution in [3.05, 3.63) is 29.1 Å². The number of esters is 1. The Bertz CT molecular complexity index is 544. The first-order chi connectivity index (χ1) is 8.93. The van der Waals surface area contributed by atoms with Gasteiger partial charge in [0.2, 0.25) is 5.91 Å². The number of nitrogens with zero attached hydrogens (tertiary/aromatic N) is 1. The van der Waals surface area contributed by atoms with Crippen molar-refractivity contribution in [3.63, 3.8) is 0 Å². The fraction of sp³-hybridized carbons (Fsp3) is 0.385. The summed E-state index contributed by atoms with van der Waals surface area (Å²) in [5.74, 6) is -1.75. The van der Waals surface area contributed by atoms with Gasteiger partial charge in [-0.05, 0) is 24.6 Å². The van der Waals surface area contributed by atoms with Crippen LogP contribution in [0.2, 0.25) is 0 Å².